The normalized spacial score (nSPS) is 17.3. The molecule has 9 heteroatoms. The molecular weight excluding hydrogens is 446 g/mol. The Kier molecular flexibility index (Phi) is 8.87. The number of benzene rings is 2. The van der Waals surface area contributed by atoms with Crippen molar-refractivity contribution in [1.82, 2.24) is 4.90 Å². The maximum absolute atomic E-state index is 11.4. The second kappa shape index (κ2) is 10.8. The molecule has 0 amide bonds. The molecule has 0 aromatic heterocycles. The Morgan fingerprint density at radius 3 is 2.03 bits per heavy atom. The van der Waals surface area contributed by atoms with E-state index in [2.05, 4.69) is 52.9 Å². The van der Waals surface area contributed by atoms with E-state index in [0.717, 1.165) is 23.9 Å². The van der Waals surface area contributed by atoms with Crippen LogP contribution in [0.4, 0.5) is 5.69 Å². The molecule has 1 aliphatic heterocycles. The summed E-state index contributed by atoms with van der Waals surface area (Å²) in [6.45, 7) is 9.88. The summed E-state index contributed by atoms with van der Waals surface area (Å²) in [6.07, 6.45) is 2.38. The number of hydrogen-bond donors (Lipinski definition) is 2. The van der Waals surface area contributed by atoms with E-state index in [9.17, 15) is 16.8 Å². The monoisotopic (exact) mass is 481 g/mol. The van der Waals surface area contributed by atoms with Crippen LogP contribution in [0.1, 0.15) is 45.6 Å². The lowest BCUT2D eigenvalue weighted by molar-refractivity contribution is 0.272. The molecule has 0 bridgehead atoms. The lowest BCUT2D eigenvalue weighted by Gasteiger charge is -2.20. The first-order valence-corrected chi connectivity index (χ1v) is 14.2. The molecule has 3 N–H and O–H groups in total. The second-order valence-corrected chi connectivity index (χ2v) is 12.7. The standard InChI is InChI=1S/C20H26N2O2S.C3H9NO2S/c1-15(2)22-12-11-19(14-22)17-9-7-16(8-10-17)18-5-4-6-20(13-18)21-25(3,23)24;1-3(2)7(4,5)6/h4-10,13,15,19,21H,11-12,14H2,1-3H3;3H,1-2H3,(H2,4,5,6)/t19-;/m1./s1. The molecule has 1 heterocycles. The van der Waals surface area contributed by atoms with Crippen LogP contribution in [-0.4, -0.2) is 52.4 Å². The minimum absolute atomic E-state index is 0.451. The smallest absolute Gasteiger partial charge is 0.229 e. The highest BCUT2D eigenvalue weighted by atomic mass is 32.2. The van der Waals surface area contributed by atoms with Gasteiger partial charge in [-0.05, 0) is 75.4 Å². The predicted octanol–water partition coefficient (Wildman–Crippen LogP) is 3.61. The molecule has 3 rings (SSSR count). The summed E-state index contributed by atoms with van der Waals surface area (Å²) in [5, 5.41) is 4.20. The molecular formula is C23H35N3O4S2. The van der Waals surface area contributed by atoms with E-state index in [0.29, 0.717) is 17.6 Å². The van der Waals surface area contributed by atoms with Crippen molar-refractivity contribution in [3.05, 3.63) is 54.1 Å². The predicted molar refractivity (Wildman–Crippen MR) is 133 cm³/mol. The summed E-state index contributed by atoms with van der Waals surface area (Å²) in [6, 6.07) is 16.8. The van der Waals surface area contributed by atoms with Gasteiger partial charge in [0.2, 0.25) is 20.0 Å². The van der Waals surface area contributed by atoms with Crippen LogP contribution < -0.4 is 9.86 Å². The molecule has 32 heavy (non-hydrogen) atoms. The molecule has 1 atom stereocenters. The van der Waals surface area contributed by atoms with E-state index in [4.69, 9.17) is 0 Å². The van der Waals surface area contributed by atoms with Gasteiger partial charge in [0.25, 0.3) is 0 Å². The number of primary sulfonamides is 1. The minimum Gasteiger partial charge on any atom is -0.300 e. The summed E-state index contributed by atoms with van der Waals surface area (Å²) in [4.78, 5) is 2.53. The van der Waals surface area contributed by atoms with E-state index in [1.807, 2.05) is 18.2 Å². The zero-order valence-electron chi connectivity index (χ0n) is 19.4. The van der Waals surface area contributed by atoms with Crippen LogP contribution in [0.2, 0.25) is 0 Å². The highest BCUT2D eigenvalue weighted by Gasteiger charge is 2.25. The Morgan fingerprint density at radius 1 is 0.969 bits per heavy atom. The van der Waals surface area contributed by atoms with Gasteiger partial charge in [-0.1, -0.05) is 36.4 Å². The molecule has 2 aromatic rings. The van der Waals surface area contributed by atoms with E-state index in [1.54, 1.807) is 6.07 Å². The number of anilines is 1. The van der Waals surface area contributed by atoms with E-state index < -0.39 is 25.3 Å². The van der Waals surface area contributed by atoms with Crippen LogP contribution in [0, 0.1) is 0 Å². The van der Waals surface area contributed by atoms with Crippen molar-refractivity contribution < 1.29 is 16.8 Å². The number of nitrogens with zero attached hydrogens (tertiary/aromatic N) is 1. The molecule has 2 aromatic carbocycles. The van der Waals surface area contributed by atoms with Crippen LogP contribution in [0.5, 0.6) is 0 Å². The summed E-state index contributed by atoms with van der Waals surface area (Å²) in [7, 11) is -6.50. The highest BCUT2D eigenvalue weighted by molar-refractivity contribution is 7.92. The molecule has 0 saturated carbocycles. The number of hydrogen-bond acceptors (Lipinski definition) is 5. The Bertz CT molecular complexity index is 1100. The lowest BCUT2D eigenvalue weighted by atomic mass is 9.95. The number of nitrogens with two attached hydrogens (primary N) is 1. The van der Waals surface area contributed by atoms with Gasteiger partial charge in [0.05, 0.1) is 11.5 Å². The van der Waals surface area contributed by atoms with Crippen LogP contribution in [0.15, 0.2) is 48.5 Å². The zero-order chi connectivity index (χ0) is 24.1. The van der Waals surface area contributed by atoms with Crippen molar-refractivity contribution in [1.29, 1.82) is 0 Å². The largest absolute Gasteiger partial charge is 0.300 e. The molecule has 0 aliphatic carbocycles. The third-order valence-corrected chi connectivity index (χ3v) is 7.41. The van der Waals surface area contributed by atoms with Crippen LogP contribution in [0.25, 0.3) is 11.1 Å². The average Bonchev–Trinajstić information content (AvgIpc) is 3.17. The van der Waals surface area contributed by atoms with Gasteiger partial charge in [-0.15, -0.1) is 0 Å². The Morgan fingerprint density at radius 2 is 1.56 bits per heavy atom. The Hall–Kier alpha value is -1.94. The fourth-order valence-corrected chi connectivity index (χ4v) is 4.01. The molecule has 0 unspecified atom stereocenters. The lowest BCUT2D eigenvalue weighted by Crippen LogP contribution is -2.27. The van der Waals surface area contributed by atoms with Crippen molar-refractivity contribution in [3.8, 4) is 11.1 Å². The zero-order valence-corrected chi connectivity index (χ0v) is 21.1. The van der Waals surface area contributed by atoms with Gasteiger partial charge in [0.1, 0.15) is 0 Å². The van der Waals surface area contributed by atoms with Crippen LogP contribution in [-0.2, 0) is 20.0 Å². The first-order valence-electron chi connectivity index (χ1n) is 10.7. The van der Waals surface area contributed by atoms with Crippen molar-refractivity contribution >= 4 is 25.7 Å². The quantitative estimate of drug-likeness (QED) is 0.655. The SMILES string of the molecule is CC(C)N1CC[C@@H](c2ccc(-c3cccc(NS(C)(=O)=O)c3)cc2)C1.CC(C)S(N)(=O)=O. The molecule has 1 aliphatic rings. The highest BCUT2D eigenvalue weighted by Crippen LogP contribution is 2.30. The van der Waals surface area contributed by atoms with Crippen LogP contribution >= 0.6 is 0 Å². The summed E-state index contributed by atoms with van der Waals surface area (Å²) in [5.74, 6) is 0.606. The maximum atomic E-state index is 11.4. The molecule has 1 saturated heterocycles. The fourth-order valence-electron chi connectivity index (χ4n) is 3.45. The molecule has 7 nitrogen and oxygen atoms in total. The fraction of sp³-hybridized carbons (Fsp3) is 0.478. The van der Waals surface area contributed by atoms with Gasteiger partial charge < -0.3 is 4.90 Å². The number of nitrogens with one attached hydrogen (secondary N) is 1. The van der Waals surface area contributed by atoms with E-state index >= 15 is 0 Å². The van der Waals surface area contributed by atoms with Gasteiger partial charge in [0, 0.05) is 18.3 Å². The molecule has 1 fully saturated rings. The molecule has 0 spiro atoms. The molecule has 178 valence electrons. The van der Waals surface area contributed by atoms with Gasteiger partial charge in [-0.3, -0.25) is 4.72 Å². The molecule has 0 radical (unpaired) electrons. The topological polar surface area (TPSA) is 110 Å². The third kappa shape index (κ3) is 8.20. The van der Waals surface area contributed by atoms with Crippen molar-refractivity contribution in [2.45, 2.75) is 51.3 Å². The summed E-state index contributed by atoms with van der Waals surface area (Å²) in [5.41, 5.74) is 4.08. The number of sulfonamides is 2. The minimum atomic E-state index is -3.26. The van der Waals surface area contributed by atoms with Gasteiger partial charge in [-0.25, -0.2) is 22.0 Å². The van der Waals surface area contributed by atoms with E-state index in [1.165, 1.54) is 32.4 Å². The van der Waals surface area contributed by atoms with Gasteiger partial charge >= 0.3 is 0 Å². The van der Waals surface area contributed by atoms with Crippen LogP contribution in [0.3, 0.4) is 0 Å². The van der Waals surface area contributed by atoms with Gasteiger partial charge in [-0.2, -0.15) is 0 Å². The summed E-state index contributed by atoms with van der Waals surface area (Å²) < 4.78 is 45.5. The first-order chi connectivity index (χ1) is 14.8. The van der Waals surface area contributed by atoms with Crippen molar-refractivity contribution in [3.63, 3.8) is 0 Å². The van der Waals surface area contributed by atoms with Crippen molar-refractivity contribution in [2.75, 3.05) is 24.1 Å². The maximum Gasteiger partial charge on any atom is 0.229 e. The Balaban J connectivity index is 0.000000451. The Labute approximate surface area is 193 Å². The van der Waals surface area contributed by atoms with Gasteiger partial charge in [0.15, 0.2) is 0 Å². The van der Waals surface area contributed by atoms with Crippen molar-refractivity contribution in [2.24, 2.45) is 5.14 Å². The second-order valence-electron chi connectivity index (χ2n) is 8.79. The van der Waals surface area contributed by atoms with E-state index in [-0.39, 0.29) is 0 Å². The average molecular weight is 482 g/mol. The summed E-state index contributed by atoms with van der Waals surface area (Å²) >= 11 is 0. The third-order valence-electron chi connectivity index (χ3n) is 5.49. The first kappa shape index (κ1) is 26.3. The number of rotatable bonds is 6. The number of likely N-dealkylation sites (tertiary alicyclic amines) is 1.